The summed E-state index contributed by atoms with van der Waals surface area (Å²) in [5, 5.41) is 6.45. The van der Waals surface area contributed by atoms with Gasteiger partial charge in [-0.3, -0.25) is 18.8 Å². The number of aromatic nitrogens is 5. The number of amides is 1. The molecule has 47 heavy (non-hydrogen) atoms. The maximum Gasteiger partial charge on any atom is 0.293 e. The van der Waals surface area contributed by atoms with Crippen LogP contribution in [0.25, 0.3) is 16.7 Å². The predicted octanol–water partition coefficient (Wildman–Crippen LogP) is 5.51. The quantitative estimate of drug-likeness (QED) is 0.210. The largest absolute Gasteiger partial charge is 0.497 e. The Hall–Kier alpha value is -5.21. The highest BCUT2D eigenvalue weighted by Gasteiger charge is 2.67. The van der Waals surface area contributed by atoms with E-state index in [0.717, 1.165) is 12.1 Å². The number of hydrogen-bond acceptors (Lipinski definition) is 6. The molecule has 15 heteroatoms. The smallest absolute Gasteiger partial charge is 0.293 e. The maximum absolute atomic E-state index is 15.2. The number of methoxy groups -OCH3 is 1. The van der Waals surface area contributed by atoms with Crippen molar-refractivity contribution in [1.29, 1.82) is 0 Å². The Morgan fingerprint density at radius 3 is 2.51 bits per heavy atom. The number of rotatable bonds is 9. The van der Waals surface area contributed by atoms with Crippen molar-refractivity contribution < 1.29 is 35.9 Å². The van der Waals surface area contributed by atoms with Crippen molar-refractivity contribution in [1.82, 2.24) is 29.6 Å². The number of benzene rings is 2. The first kappa shape index (κ1) is 30.4. The number of carbonyl (C=O) groups excluding carboxylic acids is 1. The lowest BCUT2D eigenvalue weighted by molar-refractivity contribution is -0.123. The van der Waals surface area contributed by atoms with Crippen molar-refractivity contribution in [2.24, 2.45) is 5.92 Å². The van der Waals surface area contributed by atoms with E-state index in [2.05, 4.69) is 20.4 Å². The molecule has 7 rings (SSSR count). The van der Waals surface area contributed by atoms with Gasteiger partial charge in [0.05, 0.1) is 24.2 Å². The van der Waals surface area contributed by atoms with E-state index in [1.807, 2.05) is 0 Å². The van der Waals surface area contributed by atoms with Crippen LogP contribution in [0, 0.1) is 17.6 Å². The Kier molecular flexibility index (Phi) is 7.28. The number of ether oxygens (including phenoxy) is 1. The van der Waals surface area contributed by atoms with Gasteiger partial charge in [-0.1, -0.05) is 0 Å². The minimum absolute atomic E-state index is 0.00673. The minimum atomic E-state index is -3.46. The van der Waals surface area contributed by atoms with Gasteiger partial charge in [0.1, 0.15) is 41.1 Å². The highest BCUT2D eigenvalue weighted by molar-refractivity contribution is 5.77. The van der Waals surface area contributed by atoms with Crippen molar-refractivity contribution in [3.8, 4) is 11.4 Å². The standard InChI is InChI=1S/C32H24F6N6O3/c1-47-19-6-4-18(5-7-19)44-30(41-29-20(31(44)46)3-2-8-39-29)23(11-15-9-16(33)12-17(34)10-15)40-24(45)14-43-27-25(26(42-43)28(35)36)21-13-22(21)32(27,37)38/h2-10,12,21-23,28H,11,13-14H2,1H3,(H,40,45)/t21-,22+,23-/m0/s1. The predicted molar refractivity (Wildman–Crippen MR) is 155 cm³/mol. The summed E-state index contributed by atoms with van der Waals surface area (Å²) in [7, 11) is 1.46. The van der Waals surface area contributed by atoms with Crippen LogP contribution in [-0.4, -0.2) is 37.3 Å². The first-order valence-corrected chi connectivity index (χ1v) is 14.5. The van der Waals surface area contributed by atoms with Gasteiger partial charge >= 0.3 is 0 Å². The van der Waals surface area contributed by atoms with E-state index in [1.54, 1.807) is 24.3 Å². The highest BCUT2D eigenvalue weighted by Crippen LogP contribution is 2.68. The van der Waals surface area contributed by atoms with Crippen molar-refractivity contribution in [3.05, 3.63) is 111 Å². The third kappa shape index (κ3) is 5.28. The molecule has 0 radical (unpaired) electrons. The molecule has 242 valence electrons. The zero-order valence-corrected chi connectivity index (χ0v) is 24.4. The zero-order chi connectivity index (χ0) is 33.2. The van der Waals surface area contributed by atoms with E-state index < -0.39 is 71.3 Å². The molecule has 3 heterocycles. The summed E-state index contributed by atoms with van der Waals surface area (Å²) in [6.07, 6.45) is -2.00. The molecule has 1 amide bonds. The van der Waals surface area contributed by atoms with E-state index in [9.17, 15) is 27.2 Å². The van der Waals surface area contributed by atoms with Crippen LogP contribution in [0.4, 0.5) is 26.3 Å². The van der Waals surface area contributed by atoms with E-state index in [4.69, 9.17) is 4.74 Å². The molecule has 2 aliphatic rings. The monoisotopic (exact) mass is 654 g/mol. The molecule has 0 bridgehead atoms. The van der Waals surface area contributed by atoms with Gasteiger partial charge in [-0.2, -0.15) is 13.9 Å². The number of carbonyl (C=O) groups is 1. The molecule has 2 aromatic carbocycles. The number of fused-ring (bicyclic) bond motifs is 4. The lowest BCUT2D eigenvalue weighted by Gasteiger charge is -2.23. The van der Waals surface area contributed by atoms with Crippen LogP contribution in [-0.2, 0) is 23.7 Å². The number of alkyl halides is 4. The number of nitrogens with one attached hydrogen (secondary N) is 1. The molecule has 2 aliphatic carbocycles. The minimum Gasteiger partial charge on any atom is -0.497 e. The molecule has 0 saturated heterocycles. The van der Waals surface area contributed by atoms with Crippen LogP contribution in [0.1, 0.15) is 53.1 Å². The lowest BCUT2D eigenvalue weighted by atomic mass is 10.0. The van der Waals surface area contributed by atoms with Crippen LogP contribution in [0.3, 0.4) is 0 Å². The van der Waals surface area contributed by atoms with Crippen molar-refractivity contribution in [2.75, 3.05) is 7.11 Å². The van der Waals surface area contributed by atoms with Crippen LogP contribution in [0.5, 0.6) is 5.75 Å². The summed E-state index contributed by atoms with van der Waals surface area (Å²) in [6.45, 7) is -0.878. The van der Waals surface area contributed by atoms with E-state index in [1.165, 1.54) is 30.0 Å². The van der Waals surface area contributed by atoms with Gasteiger partial charge in [0.25, 0.3) is 17.9 Å². The Morgan fingerprint density at radius 1 is 1.11 bits per heavy atom. The Morgan fingerprint density at radius 2 is 1.83 bits per heavy atom. The van der Waals surface area contributed by atoms with Gasteiger partial charge < -0.3 is 10.1 Å². The van der Waals surface area contributed by atoms with Crippen molar-refractivity contribution in [2.45, 2.75) is 43.7 Å². The second-order valence-electron chi connectivity index (χ2n) is 11.5. The maximum atomic E-state index is 15.2. The normalized spacial score (nSPS) is 18.2. The average molecular weight is 655 g/mol. The molecular weight excluding hydrogens is 630 g/mol. The Bertz CT molecular complexity index is 2080. The lowest BCUT2D eigenvalue weighted by Crippen LogP contribution is -2.38. The number of hydrogen-bond donors (Lipinski definition) is 1. The fourth-order valence-corrected chi connectivity index (χ4v) is 6.38. The molecule has 9 nitrogen and oxygen atoms in total. The Labute approximate surface area is 261 Å². The van der Waals surface area contributed by atoms with Crippen LogP contribution in [0.2, 0.25) is 0 Å². The molecule has 5 aromatic rings. The third-order valence-electron chi connectivity index (χ3n) is 8.47. The second-order valence-corrected chi connectivity index (χ2v) is 11.5. The van der Waals surface area contributed by atoms with Gasteiger partial charge in [0.15, 0.2) is 5.65 Å². The summed E-state index contributed by atoms with van der Waals surface area (Å²) in [6, 6.07) is 10.7. The molecule has 0 unspecified atom stereocenters. The van der Waals surface area contributed by atoms with Gasteiger partial charge in [-0.15, -0.1) is 0 Å². The van der Waals surface area contributed by atoms with E-state index >= 15 is 8.78 Å². The summed E-state index contributed by atoms with van der Waals surface area (Å²) in [5.74, 6) is -7.74. The van der Waals surface area contributed by atoms with Crippen LogP contribution >= 0.6 is 0 Å². The van der Waals surface area contributed by atoms with Crippen molar-refractivity contribution in [3.63, 3.8) is 0 Å². The number of nitrogens with zero attached hydrogens (tertiary/aromatic N) is 5. The van der Waals surface area contributed by atoms with Gasteiger partial charge in [0, 0.05) is 30.2 Å². The average Bonchev–Trinajstić information content (AvgIpc) is 3.69. The SMILES string of the molecule is COc1ccc(-n2c([C@H](Cc3cc(F)cc(F)c3)NC(=O)Cn3nc(C(F)F)c4c3C(F)(F)[C@@H]3C[C@H]43)nc3ncccc3c2=O)cc1. The molecule has 1 saturated carbocycles. The van der Waals surface area contributed by atoms with E-state index in [-0.39, 0.29) is 40.8 Å². The highest BCUT2D eigenvalue weighted by atomic mass is 19.3. The topological polar surface area (TPSA) is 104 Å². The summed E-state index contributed by atoms with van der Waals surface area (Å²) in [5.41, 5.74) is -1.97. The number of pyridine rings is 1. The molecule has 1 fully saturated rings. The van der Waals surface area contributed by atoms with Gasteiger partial charge in [0.2, 0.25) is 5.91 Å². The molecule has 3 atom stereocenters. The second kappa shape index (κ2) is 11.2. The Balaban J connectivity index is 1.33. The summed E-state index contributed by atoms with van der Waals surface area (Å²) >= 11 is 0. The van der Waals surface area contributed by atoms with Crippen molar-refractivity contribution >= 4 is 16.9 Å². The number of halogens is 6. The molecule has 0 spiro atoms. The molecule has 0 aliphatic heterocycles. The third-order valence-corrected chi connectivity index (χ3v) is 8.47. The van der Waals surface area contributed by atoms with Gasteiger partial charge in [-0.05, 0) is 66.4 Å². The zero-order valence-electron chi connectivity index (χ0n) is 24.4. The fraction of sp³-hybridized carbons (Fsp3) is 0.281. The summed E-state index contributed by atoms with van der Waals surface area (Å²) in [4.78, 5) is 36.2. The first-order valence-electron chi connectivity index (χ1n) is 14.5. The summed E-state index contributed by atoms with van der Waals surface area (Å²) < 4.78 is 93.5. The molecule has 3 aromatic heterocycles. The first-order chi connectivity index (χ1) is 22.5. The van der Waals surface area contributed by atoms with Crippen LogP contribution in [0.15, 0.2) is 65.6 Å². The fourth-order valence-electron chi connectivity index (χ4n) is 6.38. The molecule has 1 N–H and O–H groups in total. The van der Waals surface area contributed by atoms with Crippen LogP contribution < -0.4 is 15.6 Å². The van der Waals surface area contributed by atoms with E-state index in [0.29, 0.717) is 22.2 Å². The molecular formula is C32H24F6N6O3. The van der Waals surface area contributed by atoms with Gasteiger partial charge in [-0.25, -0.2) is 27.5 Å².